The molecule has 7 heteroatoms. The van der Waals surface area contributed by atoms with Crippen LogP contribution in [-0.2, 0) is 11.3 Å². The standard InChI is InChI=1S/C23H25N3O4/c1-16-7-5-6-14-24(16)21(27)15-25-20-9-4-3-8-19(20)22(28)26(23(25)29)17-10-12-18(30-2)13-11-17/h3-4,8-13,16H,5-7,14-15H2,1-2H3/t16-/m1/s1. The second kappa shape index (κ2) is 8.18. The average Bonchev–Trinajstić information content (AvgIpc) is 2.77. The molecule has 0 saturated carbocycles. The number of likely N-dealkylation sites (tertiary alicyclic amines) is 1. The Bertz CT molecular complexity index is 1190. The Balaban J connectivity index is 1.85. The first-order chi connectivity index (χ1) is 14.5. The second-order valence-corrected chi connectivity index (χ2v) is 7.66. The first-order valence-corrected chi connectivity index (χ1v) is 10.2. The predicted molar refractivity (Wildman–Crippen MR) is 115 cm³/mol. The monoisotopic (exact) mass is 407 g/mol. The van der Waals surface area contributed by atoms with Crippen molar-refractivity contribution in [2.24, 2.45) is 0 Å². The summed E-state index contributed by atoms with van der Waals surface area (Å²) in [5.41, 5.74) is -0.0305. The number of para-hydroxylation sites is 1. The van der Waals surface area contributed by atoms with Crippen LogP contribution in [0.1, 0.15) is 26.2 Å². The van der Waals surface area contributed by atoms with Gasteiger partial charge in [0.05, 0.1) is 23.7 Å². The molecule has 156 valence electrons. The van der Waals surface area contributed by atoms with Gasteiger partial charge in [-0.1, -0.05) is 12.1 Å². The molecule has 0 N–H and O–H groups in total. The van der Waals surface area contributed by atoms with Crippen LogP contribution in [0.4, 0.5) is 0 Å². The summed E-state index contributed by atoms with van der Waals surface area (Å²) in [6.07, 6.45) is 3.04. The van der Waals surface area contributed by atoms with Gasteiger partial charge in [-0.2, -0.15) is 0 Å². The van der Waals surface area contributed by atoms with Gasteiger partial charge >= 0.3 is 5.69 Å². The highest BCUT2D eigenvalue weighted by atomic mass is 16.5. The summed E-state index contributed by atoms with van der Waals surface area (Å²) < 4.78 is 7.70. The summed E-state index contributed by atoms with van der Waals surface area (Å²) in [5, 5.41) is 0.396. The first-order valence-electron chi connectivity index (χ1n) is 10.2. The second-order valence-electron chi connectivity index (χ2n) is 7.66. The van der Waals surface area contributed by atoms with E-state index in [1.54, 1.807) is 55.6 Å². The Labute approximate surface area is 174 Å². The number of benzene rings is 2. The van der Waals surface area contributed by atoms with Crippen LogP contribution < -0.4 is 16.0 Å². The molecule has 1 aliphatic rings. The molecule has 3 aromatic rings. The molecule has 0 spiro atoms. The molecule has 4 rings (SSSR count). The molecule has 1 aromatic heterocycles. The van der Waals surface area contributed by atoms with E-state index in [0.717, 1.165) is 23.8 Å². The zero-order chi connectivity index (χ0) is 21.3. The quantitative estimate of drug-likeness (QED) is 0.666. The van der Waals surface area contributed by atoms with Crippen molar-refractivity contribution in [3.05, 3.63) is 69.4 Å². The summed E-state index contributed by atoms with van der Waals surface area (Å²) in [6.45, 7) is 2.64. The molecule has 0 aliphatic carbocycles. The molecule has 30 heavy (non-hydrogen) atoms. The highest BCUT2D eigenvalue weighted by Crippen LogP contribution is 2.18. The molecule has 1 fully saturated rings. The van der Waals surface area contributed by atoms with Crippen molar-refractivity contribution >= 4 is 16.8 Å². The van der Waals surface area contributed by atoms with Gasteiger partial charge in [-0.15, -0.1) is 0 Å². The maximum Gasteiger partial charge on any atom is 0.336 e. The number of fused-ring (bicyclic) bond motifs is 1. The van der Waals surface area contributed by atoms with E-state index in [9.17, 15) is 14.4 Å². The normalized spacial score (nSPS) is 16.6. The van der Waals surface area contributed by atoms with E-state index in [1.807, 2.05) is 11.8 Å². The fourth-order valence-electron chi connectivity index (χ4n) is 4.13. The molecule has 1 amide bonds. The van der Waals surface area contributed by atoms with Crippen molar-refractivity contribution in [3.63, 3.8) is 0 Å². The van der Waals surface area contributed by atoms with Crippen LogP contribution in [0.3, 0.4) is 0 Å². The zero-order valence-corrected chi connectivity index (χ0v) is 17.2. The van der Waals surface area contributed by atoms with Gasteiger partial charge in [0.1, 0.15) is 12.3 Å². The van der Waals surface area contributed by atoms with Crippen molar-refractivity contribution in [1.82, 2.24) is 14.0 Å². The molecule has 1 saturated heterocycles. The van der Waals surface area contributed by atoms with Crippen molar-refractivity contribution < 1.29 is 9.53 Å². The van der Waals surface area contributed by atoms with Gasteiger partial charge in [-0.3, -0.25) is 14.2 Å². The number of aromatic nitrogens is 2. The maximum atomic E-state index is 13.4. The van der Waals surface area contributed by atoms with Gasteiger partial charge in [-0.25, -0.2) is 9.36 Å². The smallest absolute Gasteiger partial charge is 0.336 e. The number of hydrogen-bond donors (Lipinski definition) is 0. The van der Waals surface area contributed by atoms with E-state index in [4.69, 9.17) is 4.74 Å². The van der Waals surface area contributed by atoms with Crippen LogP contribution in [0.25, 0.3) is 16.6 Å². The molecule has 0 bridgehead atoms. The fourth-order valence-corrected chi connectivity index (χ4v) is 4.13. The Kier molecular flexibility index (Phi) is 5.44. The van der Waals surface area contributed by atoms with E-state index in [-0.39, 0.29) is 18.5 Å². The molecule has 2 heterocycles. The highest BCUT2D eigenvalue weighted by Gasteiger charge is 2.25. The molecular formula is C23H25N3O4. The van der Waals surface area contributed by atoms with Gasteiger partial charge in [0, 0.05) is 12.6 Å². The van der Waals surface area contributed by atoms with E-state index in [1.165, 1.54) is 4.57 Å². The Morgan fingerprint density at radius 3 is 2.50 bits per heavy atom. The lowest BCUT2D eigenvalue weighted by molar-refractivity contribution is -0.135. The third kappa shape index (κ3) is 3.51. The van der Waals surface area contributed by atoms with Crippen LogP contribution in [0.15, 0.2) is 58.1 Å². The zero-order valence-electron chi connectivity index (χ0n) is 17.2. The summed E-state index contributed by atoms with van der Waals surface area (Å²) in [4.78, 5) is 41.4. The minimum Gasteiger partial charge on any atom is -0.497 e. The lowest BCUT2D eigenvalue weighted by Crippen LogP contribution is -2.46. The van der Waals surface area contributed by atoms with Crippen molar-refractivity contribution in [2.75, 3.05) is 13.7 Å². The lowest BCUT2D eigenvalue weighted by atomic mass is 10.0. The number of piperidine rings is 1. The Morgan fingerprint density at radius 1 is 1.07 bits per heavy atom. The van der Waals surface area contributed by atoms with Crippen LogP contribution in [0.2, 0.25) is 0 Å². The average molecular weight is 407 g/mol. The summed E-state index contributed by atoms with van der Waals surface area (Å²) in [7, 11) is 1.55. The third-order valence-electron chi connectivity index (χ3n) is 5.80. The molecule has 0 unspecified atom stereocenters. The Morgan fingerprint density at radius 2 is 1.80 bits per heavy atom. The molecular weight excluding hydrogens is 382 g/mol. The van der Waals surface area contributed by atoms with E-state index < -0.39 is 11.2 Å². The van der Waals surface area contributed by atoms with Gasteiger partial charge in [0.15, 0.2) is 0 Å². The SMILES string of the molecule is COc1ccc(-n2c(=O)c3ccccc3n(CC(=O)N3CCCC[C@H]3C)c2=O)cc1. The summed E-state index contributed by atoms with van der Waals surface area (Å²) in [5.74, 6) is 0.525. The van der Waals surface area contributed by atoms with Crippen LogP contribution in [0, 0.1) is 0 Å². The number of nitrogens with zero attached hydrogens (tertiary/aromatic N) is 3. The Hall–Kier alpha value is -3.35. The van der Waals surface area contributed by atoms with Gasteiger partial charge in [-0.05, 0) is 62.6 Å². The molecule has 1 atom stereocenters. The van der Waals surface area contributed by atoms with Gasteiger partial charge in [0.25, 0.3) is 5.56 Å². The van der Waals surface area contributed by atoms with E-state index in [2.05, 4.69) is 0 Å². The van der Waals surface area contributed by atoms with Crippen molar-refractivity contribution in [3.8, 4) is 11.4 Å². The largest absolute Gasteiger partial charge is 0.497 e. The fraction of sp³-hybridized carbons (Fsp3) is 0.348. The minimum absolute atomic E-state index is 0.0971. The molecule has 2 aromatic carbocycles. The summed E-state index contributed by atoms with van der Waals surface area (Å²) in [6, 6.07) is 13.8. The number of hydrogen-bond acceptors (Lipinski definition) is 4. The predicted octanol–water partition coefficient (Wildman–Crippen LogP) is 2.56. The first kappa shape index (κ1) is 19.9. The van der Waals surface area contributed by atoms with Gasteiger partial charge in [0.2, 0.25) is 5.91 Å². The van der Waals surface area contributed by atoms with Crippen LogP contribution in [0.5, 0.6) is 5.75 Å². The number of carbonyl (C=O) groups excluding carboxylic acids is 1. The number of rotatable bonds is 4. The number of amides is 1. The maximum absolute atomic E-state index is 13.4. The van der Waals surface area contributed by atoms with Crippen LogP contribution in [-0.4, -0.2) is 39.6 Å². The van der Waals surface area contributed by atoms with Crippen molar-refractivity contribution in [2.45, 2.75) is 38.8 Å². The molecule has 1 aliphatic heterocycles. The summed E-state index contributed by atoms with van der Waals surface area (Å²) >= 11 is 0. The molecule has 7 nitrogen and oxygen atoms in total. The minimum atomic E-state index is -0.526. The number of methoxy groups -OCH3 is 1. The van der Waals surface area contributed by atoms with Crippen molar-refractivity contribution in [1.29, 1.82) is 0 Å². The van der Waals surface area contributed by atoms with E-state index in [0.29, 0.717) is 28.9 Å². The number of carbonyl (C=O) groups is 1. The molecule has 0 radical (unpaired) electrons. The van der Waals surface area contributed by atoms with Gasteiger partial charge < -0.3 is 9.64 Å². The van der Waals surface area contributed by atoms with Crippen LogP contribution >= 0.6 is 0 Å². The van der Waals surface area contributed by atoms with E-state index >= 15 is 0 Å². The number of ether oxygens (including phenoxy) is 1. The highest BCUT2D eigenvalue weighted by molar-refractivity contribution is 5.82. The topological polar surface area (TPSA) is 73.5 Å². The third-order valence-corrected chi connectivity index (χ3v) is 5.80. The lowest BCUT2D eigenvalue weighted by Gasteiger charge is -2.33.